The average molecular weight is 337 g/mol. The fourth-order valence-corrected chi connectivity index (χ4v) is 2.58. The van der Waals surface area contributed by atoms with Gasteiger partial charge in [-0.3, -0.25) is 4.79 Å². The molecule has 0 bridgehead atoms. The first-order chi connectivity index (χ1) is 11.0. The second kappa shape index (κ2) is 10.2. The van der Waals surface area contributed by atoms with Gasteiger partial charge in [-0.25, -0.2) is 4.99 Å². The molecule has 0 saturated heterocycles. The number of amides is 1. The van der Waals surface area contributed by atoms with Gasteiger partial charge in [0, 0.05) is 25.5 Å². The predicted octanol–water partition coefficient (Wildman–Crippen LogP) is 2.25. The van der Waals surface area contributed by atoms with Crippen molar-refractivity contribution in [2.45, 2.75) is 31.7 Å². The maximum Gasteiger partial charge on any atom is 0.241 e. The van der Waals surface area contributed by atoms with E-state index in [1.807, 2.05) is 0 Å². The zero-order valence-corrected chi connectivity index (χ0v) is 15.6. The smallest absolute Gasteiger partial charge is 0.241 e. The third kappa shape index (κ3) is 6.95. The molecule has 0 spiro atoms. The van der Waals surface area contributed by atoms with Gasteiger partial charge in [-0.05, 0) is 36.8 Å². The molecular weight excluding hydrogens is 308 g/mol. The molecule has 1 amide bonds. The lowest BCUT2D eigenvalue weighted by Crippen LogP contribution is -2.43. The summed E-state index contributed by atoms with van der Waals surface area (Å²) in [5, 5.41) is 6.34. The van der Waals surface area contributed by atoms with Gasteiger partial charge in [-0.2, -0.15) is 0 Å². The number of aryl methyl sites for hydroxylation is 1. The summed E-state index contributed by atoms with van der Waals surface area (Å²) in [6, 6.07) is 6.40. The summed E-state index contributed by atoms with van der Waals surface area (Å²) in [5.74, 6) is 0.700. The molecule has 0 atom stereocenters. The van der Waals surface area contributed by atoms with E-state index in [4.69, 9.17) is 0 Å². The number of nitrogens with one attached hydrogen (secondary N) is 2. The van der Waals surface area contributed by atoms with Crippen LogP contribution in [-0.2, 0) is 11.3 Å². The number of guanidine groups is 1. The lowest BCUT2D eigenvalue weighted by molar-refractivity contribution is -0.127. The first-order valence-corrected chi connectivity index (χ1v) is 9.06. The Labute approximate surface area is 143 Å². The maximum absolute atomic E-state index is 11.7. The van der Waals surface area contributed by atoms with Crippen molar-refractivity contribution in [3.63, 3.8) is 0 Å². The molecule has 1 aromatic carbocycles. The van der Waals surface area contributed by atoms with E-state index < -0.39 is 0 Å². The molecule has 23 heavy (non-hydrogen) atoms. The highest BCUT2D eigenvalue weighted by atomic mass is 32.2. The second-order valence-electron chi connectivity index (χ2n) is 5.55. The van der Waals surface area contributed by atoms with E-state index in [0.29, 0.717) is 12.5 Å². The van der Waals surface area contributed by atoms with Crippen LogP contribution in [0, 0.1) is 6.92 Å². The summed E-state index contributed by atoms with van der Waals surface area (Å²) in [7, 11) is 3.49. The monoisotopic (exact) mass is 336 g/mol. The standard InChI is InChI=1S/C17H28N4OS/c1-6-9-18-17(20-12-16(22)21(3)4)19-11-14-8-7-13(2)10-15(14)23-5/h7-8,10H,6,9,11-12H2,1-5H3,(H2,18,19,20). The topological polar surface area (TPSA) is 56.7 Å². The molecule has 0 aromatic heterocycles. The molecule has 0 aliphatic rings. The van der Waals surface area contributed by atoms with Gasteiger partial charge in [-0.1, -0.05) is 19.1 Å². The Morgan fingerprint density at radius 2 is 2.04 bits per heavy atom. The number of carbonyl (C=O) groups excluding carboxylic acids is 1. The summed E-state index contributed by atoms with van der Waals surface area (Å²) < 4.78 is 0. The molecule has 0 unspecified atom stereocenters. The molecule has 1 aromatic rings. The average Bonchev–Trinajstić information content (AvgIpc) is 2.54. The fourth-order valence-electron chi connectivity index (χ4n) is 1.88. The number of benzene rings is 1. The van der Waals surface area contributed by atoms with Crippen LogP contribution in [0.1, 0.15) is 24.5 Å². The van der Waals surface area contributed by atoms with Crippen molar-refractivity contribution in [1.82, 2.24) is 15.5 Å². The van der Waals surface area contributed by atoms with E-state index in [-0.39, 0.29) is 12.5 Å². The van der Waals surface area contributed by atoms with Crippen molar-refractivity contribution in [2.24, 2.45) is 4.99 Å². The van der Waals surface area contributed by atoms with Crippen molar-refractivity contribution in [2.75, 3.05) is 33.4 Å². The van der Waals surface area contributed by atoms with Crippen LogP contribution in [-0.4, -0.2) is 50.2 Å². The highest BCUT2D eigenvalue weighted by Crippen LogP contribution is 2.22. The summed E-state index contributed by atoms with van der Waals surface area (Å²) in [6.45, 7) is 5.85. The first kappa shape index (κ1) is 19.4. The van der Waals surface area contributed by atoms with Crippen molar-refractivity contribution in [3.8, 4) is 0 Å². The zero-order valence-electron chi connectivity index (χ0n) is 14.8. The molecule has 0 heterocycles. The summed E-state index contributed by atoms with van der Waals surface area (Å²) >= 11 is 1.73. The summed E-state index contributed by atoms with van der Waals surface area (Å²) in [4.78, 5) is 19.1. The minimum Gasteiger partial charge on any atom is -0.356 e. The molecule has 0 saturated carbocycles. The van der Waals surface area contributed by atoms with Gasteiger partial charge in [0.25, 0.3) is 0 Å². The van der Waals surface area contributed by atoms with E-state index in [0.717, 1.165) is 13.0 Å². The number of likely N-dealkylation sites (N-methyl/N-ethyl adjacent to an activating group) is 1. The Hall–Kier alpha value is -1.69. The second-order valence-corrected chi connectivity index (χ2v) is 6.40. The molecule has 6 heteroatoms. The quantitative estimate of drug-likeness (QED) is 0.455. The molecular formula is C17H28N4OS. The number of aliphatic imine (C=N–C) groups is 1. The summed E-state index contributed by atoms with van der Waals surface area (Å²) in [5.41, 5.74) is 2.45. The van der Waals surface area contributed by atoms with Gasteiger partial charge < -0.3 is 15.5 Å². The number of hydrogen-bond donors (Lipinski definition) is 2. The number of carbonyl (C=O) groups is 1. The molecule has 128 valence electrons. The van der Waals surface area contributed by atoms with Crippen LogP contribution in [0.25, 0.3) is 0 Å². The van der Waals surface area contributed by atoms with Crippen LogP contribution >= 0.6 is 11.8 Å². The summed E-state index contributed by atoms with van der Waals surface area (Å²) in [6.07, 6.45) is 3.08. The Bertz CT molecular complexity index is 543. The van der Waals surface area contributed by atoms with Crippen LogP contribution < -0.4 is 10.6 Å². The number of thioether (sulfide) groups is 1. The largest absolute Gasteiger partial charge is 0.356 e. The van der Waals surface area contributed by atoms with E-state index in [1.54, 1.807) is 30.8 Å². The van der Waals surface area contributed by atoms with Crippen LogP contribution in [0.3, 0.4) is 0 Å². The van der Waals surface area contributed by atoms with Crippen LogP contribution in [0.2, 0.25) is 0 Å². The van der Waals surface area contributed by atoms with Gasteiger partial charge in [-0.15, -0.1) is 11.8 Å². The Morgan fingerprint density at radius 1 is 1.30 bits per heavy atom. The molecule has 0 aliphatic carbocycles. The van der Waals surface area contributed by atoms with Crippen molar-refractivity contribution in [3.05, 3.63) is 29.3 Å². The molecule has 2 N–H and O–H groups in total. The first-order valence-electron chi connectivity index (χ1n) is 7.83. The molecule has 0 radical (unpaired) electrons. The van der Waals surface area contributed by atoms with Crippen LogP contribution in [0.15, 0.2) is 28.1 Å². The Balaban J connectivity index is 2.77. The molecule has 0 aliphatic heterocycles. The minimum absolute atomic E-state index is 0.0242. The Kier molecular flexibility index (Phi) is 8.55. The van der Waals surface area contributed by atoms with E-state index in [1.165, 1.54) is 16.0 Å². The lowest BCUT2D eigenvalue weighted by Gasteiger charge is -2.15. The predicted molar refractivity (Wildman–Crippen MR) is 99.1 cm³/mol. The van der Waals surface area contributed by atoms with Crippen molar-refractivity contribution >= 4 is 23.6 Å². The number of nitrogens with zero attached hydrogens (tertiary/aromatic N) is 2. The third-order valence-corrected chi connectivity index (χ3v) is 4.12. The normalized spacial score (nSPS) is 11.3. The van der Waals surface area contributed by atoms with Gasteiger partial charge >= 0.3 is 0 Å². The fraction of sp³-hybridized carbons (Fsp3) is 0.529. The maximum atomic E-state index is 11.7. The zero-order chi connectivity index (χ0) is 17.2. The van der Waals surface area contributed by atoms with Gasteiger partial charge in [0.1, 0.15) is 0 Å². The highest BCUT2D eigenvalue weighted by molar-refractivity contribution is 7.98. The molecule has 1 rings (SSSR count). The molecule has 0 fully saturated rings. The van der Waals surface area contributed by atoms with Gasteiger partial charge in [0.05, 0.1) is 13.1 Å². The number of hydrogen-bond acceptors (Lipinski definition) is 3. The van der Waals surface area contributed by atoms with E-state index in [2.05, 4.69) is 53.9 Å². The van der Waals surface area contributed by atoms with Crippen molar-refractivity contribution in [1.29, 1.82) is 0 Å². The SMILES string of the molecule is CCCNC(=NCc1ccc(C)cc1SC)NCC(=O)N(C)C. The van der Waals surface area contributed by atoms with Crippen LogP contribution in [0.4, 0.5) is 0 Å². The minimum atomic E-state index is 0.0242. The highest BCUT2D eigenvalue weighted by Gasteiger charge is 2.06. The third-order valence-electron chi connectivity index (χ3n) is 3.30. The van der Waals surface area contributed by atoms with Crippen molar-refractivity contribution < 1.29 is 4.79 Å². The van der Waals surface area contributed by atoms with E-state index in [9.17, 15) is 4.79 Å². The Morgan fingerprint density at radius 3 is 2.65 bits per heavy atom. The lowest BCUT2D eigenvalue weighted by atomic mass is 10.1. The van der Waals surface area contributed by atoms with Crippen LogP contribution in [0.5, 0.6) is 0 Å². The van der Waals surface area contributed by atoms with E-state index >= 15 is 0 Å². The number of rotatable bonds is 7. The van der Waals surface area contributed by atoms with Gasteiger partial charge in [0.15, 0.2) is 5.96 Å². The molecule has 5 nitrogen and oxygen atoms in total. The van der Waals surface area contributed by atoms with Gasteiger partial charge in [0.2, 0.25) is 5.91 Å².